The predicted molar refractivity (Wildman–Crippen MR) is 56.0 cm³/mol. The molecule has 14 heavy (non-hydrogen) atoms. The Kier molecular flexibility index (Phi) is 4.39. The first-order valence-corrected chi connectivity index (χ1v) is 5.56. The van der Waals surface area contributed by atoms with Crippen molar-refractivity contribution in [1.29, 1.82) is 0 Å². The summed E-state index contributed by atoms with van der Waals surface area (Å²) in [6, 6.07) is 0.495. The maximum absolute atomic E-state index is 11.5. The van der Waals surface area contributed by atoms with Gasteiger partial charge in [-0.3, -0.25) is 4.79 Å². The lowest BCUT2D eigenvalue weighted by molar-refractivity contribution is -0.149. The van der Waals surface area contributed by atoms with Gasteiger partial charge in [0.1, 0.15) is 0 Å². The van der Waals surface area contributed by atoms with Crippen LogP contribution in [0.15, 0.2) is 0 Å². The van der Waals surface area contributed by atoms with E-state index in [4.69, 9.17) is 4.74 Å². The second-order valence-electron chi connectivity index (χ2n) is 4.10. The number of hydrogen-bond donors (Lipinski definition) is 1. The molecular formula is C11H21NO2. The van der Waals surface area contributed by atoms with Gasteiger partial charge in [-0.1, -0.05) is 13.8 Å². The highest BCUT2D eigenvalue weighted by atomic mass is 16.5. The molecule has 0 radical (unpaired) electrons. The molecule has 1 aliphatic rings. The van der Waals surface area contributed by atoms with Crippen LogP contribution in [-0.4, -0.2) is 25.2 Å². The average Bonchev–Trinajstić information content (AvgIpc) is 2.68. The number of nitrogens with one attached hydrogen (secondary N) is 1. The van der Waals surface area contributed by atoms with Crippen LogP contribution in [0.25, 0.3) is 0 Å². The lowest BCUT2D eigenvalue weighted by atomic mass is 9.88. The Hall–Kier alpha value is -0.570. The van der Waals surface area contributed by atoms with Crippen LogP contribution in [0.1, 0.15) is 33.6 Å². The molecule has 0 amide bonds. The summed E-state index contributed by atoms with van der Waals surface area (Å²) in [6.07, 6.45) is 2.41. The quantitative estimate of drug-likeness (QED) is 0.698. The topological polar surface area (TPSA) is 38.3 Å². The highest BCUT2D eigenvalue weighted by molar-refractivity contribution is 5.72. The zero-order valence-corrected chi connectivity index (χ0v) is 9.38. The fourth-order valence-electron chi connectivity index (χ4n) is 2.00. The SMILES string of the molecule is CCOC(=O)[C@H](C)[C@@H](C)[C@@H]1CCCN1. The van der Waals surface area contributed by atoms with E-state index < -0.39 is 0 Å². The minimum atomic E-state index is -0.0614. The van der Waals surface area contributed by atoms with E-state index in [1.54, 1.807) is 0 Å². The lowest BCUT2D eigenvalue weighted by Crippen LogP contribution is -2.36. The number of hydrogen-bond acceptors (Lipinski definition) is 3. The summed E-state index contributed by atoms with van der Waals surface area (Å²) in [5.41, 5.74) is 0. The lowest BCUT2D eigenvalue weighted by Gasteiger charge is -2.24. The van der Waals surface area contributed by atoms with Crippen LogP contribution in [-0.2, 0) is 9.53 Å². The second kappa shape index (κ2) is 5.35. The van der Waals surface area contributed by atoms with Crippen molar-refractivity contribution in [3.8, 4) is 0 Å². The molecule has 0 aromatic rings. The molecule has 0 aliphatic carbocycles. The number of ether oxygens (including phenoxy) is 1. The second-order valence-corrected chi connectivity index (χ2v) is 4.10. The fraction of sp³-hybridized carbons (Fsp3) is 0.909. The Morgan fingerprint density at radius 2 is 2.29 bits per heavy atom. The van der Waals surface area contributed by atoms with Gasteiger partial charge in [0.25, 0.3) is 0 Å². The predicted octanol–water partition coefficient (Wildman–Crippen LogP) is 1.57. The van der Waals surface area contributed by atoms with Gasteiger partial charge in [0.15, 0.2) is 0 Å². The van der Waals surface area contributed by atoms with Gasteiger partial charge in [0.2, 0.25) is 0 Å². The van der Waals surface area contributed by atoms with Crippen LogP contribution in [0.5, 0.6) is 0 Å². The van der Waals surface area contributed by atoms with E-state index in [-0.39, 0.29) is 11.9 Å². The summed E-state index contributed by atoms with van der Waals surface area (Å²) in [4.78, 5) is 11.5. The number of carbonyl (C=O) groups excluding carboxylic acids is 1. The number of carbonyl (C=O) groups is 1. The molecule has 0 aromatic heterocycles. The third-order valence-electron chi connectivity index (χ3n) is 3.18. The maximum atomic E-state index is 11.5. The molecule has 1 fully saturated rings. The third-order valence-corrected chi connectivity index (χ3v) is 3.18. The summed E-state index contributed by atoms with van der Waals surface area (Å²) in [5, 5.41) is 3.43. The summed E-state index contributed by atoms with van der Waals surface area (Å²) in [5.74, 6) is 0.316. The Labute approximate surface area is 86.2 Å². The van der Waals surface area contributed by atoms with E-state index in [1.807, 2.05) is 13.8 Å². The fourth-order valence-corrected chi connectivity index (χ4v) is 2.00. The molecule has 1 aliphatic heterocycles. The Morgan fingerprint density at radius 1 is 1.57 bits per heavy atom. The van der Waals surface area contributed by atoms with Crippen molar-refractivity contribution in [1.82, 2.24) is 5.32 Å². The van der Waals surface area contributed by atoms with Gasteiger partial charge in [-0.2, -0.15) is 0 Å². The van der Waals surface area contributed by atoms with Gasteiger partial charge in [0, 0.05) is 6.04 Å². The van der Waals surface area contributed by atoms with Crippen molar-refractivity contribution < 1.29 is 9.53 Å². The normalized spacial score (nSPS) is 25.8. The van der Waals surface area contributed by atoms with Crippen molar-refractivity contribution in [2.75, 3.05) is 13.2 Å². The van der Waals surface area contributed by atoms with Crippen LogP contribution in [0.2, 0.25) is 0 Å². The molecule has 1 heterocycles. The average molecular weight is 199 g/mol. The molecule has 1 rings (SSSR count). The molecule has 3 atom stereocenters. The van der Waals surface area contributed by atoms with Crippen LogP contribution in [0.3, 0.4) is 0 Å². The van der Waals surface area contributed by atoms with Crippen molar-refractivity contribution in [3.05, 3.63) is 0 Å². The van der Waals surface area contributed by atoms with Crippen LogP contribution in [0.4, 0.5) is 0 Å². The van der Waals surface area contributed by atoms with Crippen LogP contribution < -0.4 is 5.32 Å². The van der Waals surface area contributed by atoms with Gasteiger partial charge in [-0.25, -0.2) is 0 Å². The molecule has 3 nitrogen and oxygen atoms in total. The first-order chi connectivity index (χ1) is 6.66. The van der Waals surface area contributed by atoms with Gasteiger partial charge in [-0.05, 0) is 32.2 Å². The first kappa shape index (κ1) is 11.5. The maximum Gasteiger partial charge on any atom is 0.308 e. The van der Waals surface area contributed by atoms with E-state index in [1.165, 1.54) is 12.8 Å². The molecule has 0 bridgehead atoms. The summed E-state index contributed by atoms with van der Waals surface area (Å²) in [6.45, 7) is 7.51. The van der Waals surface area contributed by atoms with E-state index in [2.05, 4.69) is 12.2 Å². The molecule has 0 saturated carbocycles. The highest BCUT2D eigenvalue weighted by Gasteiger charge is 2.29. The Morgan fingerprint density at radius 3 is 2.79 bits per heavy atom. The van der Waals surface area contributed by atoms with Crippen molar-refractivity contribution in [3.63, 3.8) is 0 Å². The van der Waals surface area contributed by atoms with Gasteiger partial charge >= 0.3 is 5.97 Å². The smallest absolute Gasteiger partial charge is 0.308 e. The molecule has 0 spiro atoms. The van der Waals surface area contributed by atoms with Crippen molar-refractivity contribution in [2.45, 2.75) is 39.7 Å². The largest absolute Gasteiger partial charge is 0.466 e. The summed E-state index contributed by atoms with van der Waals surface area (Å²) < 4.78 is 5.02. The standard InChI is InChI=1S/C11H21NO2/c1-4-14-11(13)9(3)8(2)10-6-5-7-12-10/h8-10,12H,4-7H2,1-3H3/t8-,9-,10+/m1/s1. The Balaban J connectivity index is 2.41. The minimum absolute atomic E-state index is 0.00514. The van der Waals surface area contributed by atoms with Crippen molar-refractivity contribution >= 4 is 5.97 Å². The van der Waals surface area contributed by atoms with E-state index in [0.717, 1.165) is 6.54 Å². The monoisotopic (exact) mass is 199 g/mol. The summed E-state index contributed by atoms with van der Waals surface area (Å²) in [7, 11) is 0. The number of rotatable bonds is 4. The summed E-state index contributed by atoms with van der Waals surface area (Å²) >= 11 is 0. The van der Waals surface area contributed by atoms with Crippen molar-refractivity contribution in [2.24, 2.45) is 11.8 Å². The zero-order valence-electron chi connectivity index (χ0n) is 9.38. The molecule has 1 N–H and O–H groups in total. The number of esters is 1. The molecule has 0 aromatic carbocycles. The third kappa shape index (κ3) is 2.71. The highest BCUT2D eigenvalue weighted by Crippen LogP contribution is 2.22. The van der Waals surface area contributed by atoms with E-state index in [9.17, 15) is 4.79 Å². The Bertz CT molecular complexity index is 188. The molecule has 0 unspecified atom stereocenters. The van der Waals surface area contributed by atoms with Gasteiger partial charge in [0.05, 0.1) is 12.5 Å². The van der Waals surface area contributed by atoms with E-state index >= 15 is 0 Å². The minimum Gasteiger partial charge on any atom is -0.466 e. The van der Waals surface area contributed by atoms with Gasteiger partial charge in [-0.15, -0.1) is 0 Å². The van der Waals surface area contributed by atoms with Gasteiger partial charge < -0.3 is 10.1 Å². The molecule has 82 valence electrons. The molecule has 1 saturated heterocycles. The van der Waals surface area contributed by atoms with Crippen LogP contribution >= 0.6 is 0 Å². The van der Waals surface area contributed by atoms with Crippen LogP contribution in [0, 0.1) is 11.8 Å². The van der Waals surface area contributed by atoms with E-state index in [0.29, 0.717) is 18.6 Å². The first-order valence-electron chi connectivity index (χ1n) is 5.56. The molecular weight excluding hydrogens is 178 g/mol. The molecule has 3 heteroatoms. The zero-order chi connectivity index (χ0) is 10.6.